The Labute approximate surface area is 145 Å². The highest BCUT2D eigenvalue weighted by molar-refractivity contribution is 6.02. The van der Waals surface area contributed by atoms with Crippen molar-refractivity contribution in [1.82, 2.24) is 4.57 Å². The molecular formula is C19H21FN2O3. The number of rotatable bonds is 6. The van der Waals surface area contributed by atoms with Gasteiger partial charge in [0.05, 0.1) is 19.1 Å². The summed E-state index contributed by atoms with van der Waals surface area (Å²) in [5, 5.41) is 0. The van der Waals surface area contributed by atoms with E-state index in [1.165, 1.54) is 19.2 Å². The molecular weight excluding hydrogens is 323 g/mol. The van der Waals surface area contributed by atoms with E-state index in [1.807, 2.05) is 6.92 Å². The van der Waals surface area contributed by atoms with Crippen LogP contribution in [-0.4, -0.2) is 23.6 Å². The van der Waals surface area contributed by atoms with Gasteiger partial charge in [0, 0.05) is 23.0 Å². The quantitative estimate of drug-likeness (QED) is 0.818. The number of primary amides is 1. The number of carbonyl (C=O) groups excluding carboxylic acids is 2. The van der Waals surface area contributed by atoms with Crippen LogP contribution < -0.4 is 5.73 Å². The minimum absolute atomic E-state index is 0.188. The number of ether oxygens (including phenoxy) is 1. The molecule has 0 bridgehead atoms. The molecule has 1 fully saturated rings. The van der Waals surface area contributed by atoms with Gasteiger partial charge in [0.25, 0.3) is 5.91 Å². The molecule has 0 saturated heterocycles. The second-order valence-electron chi connectivity index (χ2n) is 6.33. The molecule has 0 unspecified atom stereocenters. The van der Waals surface area contributed by atoms with Gasteiger partial charge in [-0.3, -0.25) is 9.59 Å². The molecule has 1 saturated carbocycles. The van der Waals surface area contributed by atoms with E-state index < -0.39 is 5.91 Å². The van der Waals surface area contributed by atoms with Crippen molar-refractivity contribution >= 4 is 11.9 Å². The average Bonchev–Trinajstić information content (AvgIpc) is 3.36. The van der Waals surface area contributed by atoms with E-state index in [2.05, 4.69) is 4.57 Å². The molecule has 1 aliphatic rings. The van der Waals surface area contributed by atoms with E-state index in [1.54, 1.807) is 12.1 Å². The third-order valence-electron chi connectivity index (χ3n) is 4.62. The molecule has 1 aromatic carbocycles. The fourth-order valence-electron chi connectivity index (χ4n) is 3.42. The Bertz CT molecular complexity index is 837. The summed E-state index contributed by atoms with van der Waals surface area (Å²) in [6, 6.07) is 6.40. The van der Waals surface area contributed by atoms with Gasteiger partial charge >= 0.3 is 5.97 Å². The van der Waals surface area contributed by atoms with Crippen LogP contribution in [-0.2, 0) is 16.0 Å². The summed E-state index contributed by atoms with van der Waals surface area (Å²) in [6.07, 6.45) is 2.62. The summed E-state index contributed by atoms with van der Waals surface area (Å²) in [5.41, 5.74) is 8.87. The van der Waals surface area contributed by atoms with Crippen LogP contribution in [0.25, 0.3) is 11.1 Å². The molecule has 3 rings (SSSR count). The normalized spacial score (nSPS) is 13.7. The molecule has 1 aromatic heterocycles. The zero-order chi connectivity index (χ0) is 18.1. The summed E-state index contributed by atoms with van der Waals surface area (Å²) in [4.78, 5) is 23.8. The number of esters is 1. The minimum atomic E-state index is -0.546. The van der Waals surface area contributed by atoms with Crippen LogP contribution in [0.5, 0.6) is 0 Å². The smallest absolute Gasteiger partial charge is 0.305 e. The molecule has 2 N–H and O–H groups in total. The van der Waals surface area contributed by atoms with E-state index >= 15 is 0 Å². The van der Waals surface area contributed by atoms with Gasteiger partial charge in [-0.25, -0.2) is 4.39 Å². The first-order chi connectivity index (χ1) is 11.9. The van der Waals surface area contributed by atoms with E-state index in [-0.39, 0.29) is 18.2 Å². The molecule has 25 heavy (non-hydrogen) atoms. The van der Waals surface area contributed by atoms with Crippen molar-refractivity contribution in [2.45, 2.75) is 38.6 Å². The number of hydrogen-bond donors (Lipinski definition) is 1. The van der Waals surface area contributed by atoms with E-state index in [0.29, 0.717) is 29.2 Å². The third-order valence-corrected chi connectivity index (χ3v) is 4.62. The molecule has 0 atom stereocenters. The minimum Gasteiger partial charge on any atom is -0.469 e. The highest BCUT2D eigenvalue weighted by Gasteiger charge is 2.33. The van der Waals surface area contributed by atoms with E-state index in [9.17, 15) is 14.0 Å². The molecule has 1 aliphatic carbocycles. The average molecular weight is 344 g/mol. The zero-order valence-corrected chi connectivity index (χ0v) is 14.3. The van der Waals surface area contributed by atoms with E-state index in [0.717, 1.165) is 24.2 Å². The van der Waals surface area contributed by atoms with Gasteiger partial charge in [-0.05, 0) is 43.9 Å². The van der Waals surface area contributed by atoms with Crippen LogP contribution >= 0.6 is 0 Å². The Morgan fingerprint density at radius 2 is 2.08 bits per heavy atom. The number of hydrogen-bond acceptors (Lipinski definition) is 3. The van der Waals surface area contributed by atoms with Crippen molar-refractivity contribution in [2.24, 2.45) is 5.73 Å². The largest absolute Gasteiger partial charge is 0.469 e. The summed E-state index contributed by atoms with van der Waals surface area (Å²) in [5.74, 6) is -1.26. The monoisotopic (exact) mass is 344 g/mol. The highest BCUT2D eigenvalue weighted by atomic mass is 19.1. The van der Waals surface area contributed by atoms with Gasteiger partial charge in [-0.2, -0.15) is 0 Å². The molecule has 6 heteroatoms. The number of methoxy groups -OCH3 is 1. The lowest BCUT2D eigenvalue weighted by Crippen LogP contribution is -2.13. The molecule has 1 heterocycles. The number of aromatic nitrogens is 1. The second-order valence-corrected chi connectivity index (χ2v) is 6.33. The molecule has 5 nitrogen and oxygen atoms in total. The number of amides is 1. The van der Waals surface area contributed by atoms with Gasteiger partial charge in [0.2, 0.25) is 0 Å². The maximum Gasteiger partial charge on any atom is 0.305 e. The van der Waals surface area contributed by atoms with Crippen molar-refractivity contribution in [3.05, 3.63) is 47.0 Å². The Morgan fingerprint density at radius 3 is 2.64 bits per heavy atom. The molecule has 0 aliphatic heterocycles. The summed E-state index contributed by atoms with van der Waals surface area (Å²) < 4.78 is 20.6. The fraction of sp³-hybridized carbons (Fsp3) is 0.368. The van der Waals surface area contributed by atoms with Gasteiger partial charge in [-0.1, -0.05) is 12.1 Å². The maximum atomic E-state index is 13.8. The number of benzene rings is 1. The first kappa shape index (κ1) is 17.2. The van der Waals surface area contributed by atoms with Crippen LogP contribution in [0.2, 0.25) is 0 Å². The maximum absolute atomic E-state index is 13.8. The van der Waals surface area contributed by atoms with Crippen molar-refractivity contribution in [3.8, 4) is 11.1 Å². The molecule has 132 valence electrons. The third kappa shape index (κ3) is 3.29. The van der Waals surface area contributed by atoms with Crippen molar-refractivity contribution in [2.75, 3.05) is 7.11 Å². The predicted molar refractivity (Wildman–Crippen MR) is 91.7 cm³/mol. The predicted octanol–water partition coefficient (Wildman–Crippen LogP) is 3.14. The van der Waals surface area contributed by atoms with Crippen LogP contribution in [0.1, 0.15) is 47.1 Å². The SMILES string of the molecule is COC(=O)CCc1c(-c2cccc(F)c2)c(C(N)=O)c(C)n1C1CC1. The van der Waals surface area contributed by atoms with E-state index in [4.69, 9.17) is 10.5 Å². The van der Waals surface area contributed by atoms with Gasteiger partial charge < -0.3 is 15.0 Å². The van der Waals surface area contributed by atoms with Crippen LogP contribution in [0.4, 0.5) is 4.39 Å². The van der Waals surface area contributed by atoms with Crippen molar-refractivity contribution in [3.63, 3.8) is 0 Å². The Balaban J connectivity index is 2.20. The van der Waals surface area contributed by atoms with Gasteiger partial charge in [0.15, 0.2) is 0 Å². The molecule has 1 amide bonds. The van der Waals surface area contributed by atoms with Crippen molar-refractivity contribution in [1.29, 1.82) is 0 Å². The first-order valence-corrected chi connectivity index (χ1v) is 8.30. The molecule has 0 radical (unpaired) electrons. The number of carbonyl (C=O) groups is 2. The second kappa shape index (κ2) is 6.70. The van der Waals surface area contributed by atoms with Crippen LogP contribution in [0, 0.1) is 12.7 Å². The molecule has 2 aromatic rings. The van der Waals surface area contributed by atoms with Gasteiger partial charge in [0.1, 0.15) is 5.82 Å². The standard InChI is InChI=1S/C19H21FN2O3/c1-11-17(19(21)24)18(12-4-3-5-13(20)10-12)15(8-9-16(23)25-2)22(11)14-6-7-14/h3-5,10,14H,6-9H2,1-2H3,(H2,21,24). The Morgan fingerprint density at radius 1 is 1.36 bits per heavy atom. The summed E-state index contributed by atoms with van der Waals surface area (Å²) >= 11 is 0. The first-order valence-electron chi connectivity index (χ1n) is 8.30. The lowest BCUT2D eigenvalue weighted by Gasteiger charge is -2.12. The van der Waals surface area contributed by atoms with Crippen LogP contribution in [0.3, 0.4) is 0 Å². The Hall–Kier alpha value is -2.63. The lowest BCUT2D eigenvalue weighted by atomic mass is 9.98. The Kier molecular flexibility index (Phi) is 4.61. The number of nitrogens with zero attached hydrogens (tertiary/aromatic N) is 1. The number of halogens is 1. The molecule has 0 spiro atoms. The lowest BCUT2D eigenvalue weighted by molar-refractivity contribution is -0.140. The van der Waals surface area contributed by atoms with Crippen LogP contribution in [0.15, 0.2) is 24.3 Å². The fourth-order valence-corrected chi connectivity index (χ4v) is 3.42. The highest BCUT2D eigenvalue weighted by Crippen LogP contribution is 2.43. The van der Waals surface area contributed by atoms with Crippen molar-refractivity contribution < 1.29 is 18.7 Å². The number of nitrogens with two attached hydrogens (primary N) is 1. The van der Waals surface area contributed by atoms with Gasteiger partial charge in [-0.15, -0.1) is 0 Å². The summed E-state index contributed by atoms with van der Waals surface area (Å²) in [6.45, 7) is 1.85. The topological polar surface area (TPSA) is 74.3 Å². The zero-order valence-electron chi connectivity index (χ0n) is 14.3. The summed E-state index contributed by atoms with van der Waals surface area (Å²) in [7, 11) is 1.34.